The van der Waals surface area contributed by atoms with Crippen LogP contribution in [0.5, 0.6) is 0 Å². The number of aliphatic hydroxyl groups excluding tert-OH is 1. The zero-order valence-corrected chi connectivity index (χ0v) is 13.2. The number of nitrogens with zero attached hydrogens (tertiary/aromatic N) is 3. The predicted octanol–water partition coefficient (Wildman–Crippen LogP) is 1.79. The Kier molecular flexibility index (Phi) is 4.92. The molecule has 0 spiro atoms. The Labute approximate surface area is 130 Å². The van der Waals surface area contributed by atoms with Gasteiger partial charge in [0.15, 0.2) is 0 Å². The second-order valence-electron chi connectivity index (χ2n) is 6.27. The molecular weight excluding hydrogens is 280 g/mol. The number of carbonyl (C=O) groups is 1. The highest BCUT2D eigenvalue weighted by atomic mass is 16.3. The van der Waals surface area contributed by atoms with Gasteiger partial charge in [-0.05, 0) is 30.9 Å². The number of aliphatic hydroxyl groups is 1. The van der Waals surface area contributed by atoms with Crippen LogP contribution in [-0.4, -0.2) is 38.2 Å². The van der Waals surface area contributed by atoms with E-state index in [-0.39, 0.29) is 17.4 Å². The maximum absolute atomic E-state index is 12.3. The Balaban J connectivity index is 2.03. The molecule has 0 aliphatic rings. The molecule has 118 valence electrons. The van der Waals surface area contributed by atoms with Crippen LogP contribution in [0, 0.1) is 5.41 Å². The SMILES string of the molecule is CC(O)CC(C)(C)CNC(=O)c1ccnc(-n2ccnc2)c1. The van der Waals surface area contributed by atoms with Gasteiger partial charge in [-0.25, -0.2) is 9.97 Å². The summed E-state index contributed by atoms with van der Waals surface area (Å²) in [6.07, 6.45) is 6.91. The summed E-state index contributed by atoms with van der Waals surface area (Å²) in [5.74, 6) is 0.496. The fourth-order valence-corrected chi connectivity index (χ4v) is 2.39. The molecular formula is C16H22N4O2. The molecule has 2 aromatic heterocycles. The summed E-state index contributed by atoms with van der Waals surface area (Å²) in [5, 5.41) is 12.4. The molecule has 0 bridgehead atoms. The largest absolute Gasteiger partial charge is 0.393 e. The summed E-state index contributed by atoms with van der Waals surface area (Å²) in [5.41, 5.74) is 0.385. The van der Waals surface area contributed by atoms with Crippen LogP contribution in [0.25, 0.3) is 5.82 Å². The molecule has 2 aromatic rings. The van der Waals surface area contributed by atoms with E-state index >= 15 is 0 Å². The third-order valence-electron chi connectivity index (χ3n) is 3.35. The molecule has 2 heterocycles. The van der Waals surface area contributed by atoms with Crippen molar-refractivity contribution >= 4 is 5.91 Å². The van der Waals surface area contributed by atoms with Crippen molar-refractivity contribution in [3.05, 3.63) is 42.6 Å². The molecule has 2 rings (SSSR count). The molecule has 0 fully saturated rings. The van der Waals surface area contributed by atoms with E-state index in [0.717, 1.165) is 0 Å². The molecule has 0 aliphatic heterocycles. The third kappa shape index (κ3) is 4.39. The number of nitrogens with one attached hydrogen (secondary N) is 1. The molecule has 2 N–H and O–H groups in total. The first-order valence-electron chi connectivity index (χ1n) is 7.28. The fraction of sp³-hybridized carbons (Fsp3) is 0.438. The lowest BCUT2D eigenvalue weighted by atomic mass is 9.87. The smallest absolute Gasteiger partial charge is 0.251 e. The van der Waals surface area contributed by atoms with E-state index in [4.69, 9.17) is 0 Å². The first kappa shape index (κ1) is 16.2. The summed E-state index contributed by atoms with van der Waals surface area (Å²) in [4.78, 5) is 20.5. The van der Waals surface area contributed by atoms with E-state index in [2.05, 4.69) is 15.3 Å². The van der Waals surface area contributed by atoms with Crippen molar-refractivity contribution in [2.24, 2.45) is 5.41 Å². The number of rotatable bonds is 6. The second kappa shape index (κ2) is 6.70. The lowest BCUT2D eigenvalue weighted by molar-refractivity contribution is 0.0902. The van der Waals surface area contributed by atoms with Crippen LogP contribution in [0.3, 0.4) is 0 Å². The van der Waals surface area contributed by atoms with Crippen molar-refractivity contribution in [1.82, 2.24) is 19.9 Å². The highest BCUT2D eigenvalue weighted by molar-refractivity contribution is 5.94. The molecule has 0 radical (unpaired) electrons. The van der Waals surface area contributed by atoms with Crippen molar-refractivity contribution in [3.63, 3.8) is 0 Å². The van der Waals surface area contributed by atoms with Crippen LogP contribution >= 0.6 is 0 Å². The molecule has 1 unspecified atom stereocenters. The summed E-state index contributed by atoms with van der Waals surface area (Å²) in [6, 6.07) is 3.40. The maximum Gasteiger partial charge on any atom is 0.251 e. The van der Waals surface area contributed by atoms with E-state index < -0.39 is 0 Å². The van der Waals surface area contributed by atoms with Gasteiger partial charge in [0.05, 0.1) is 6.10 Å². The first-order chi connectivity index (χ1) is 10.4. The Bertz CT molecular complexity index is 621. The number of amides is 1. The van der Waals surface area contributed by atoms with Gasteiger partial charge in [-0.2, -0.15) is 0 Å². The number of hydrogen-bond acceptors (Lipinski definition) is 4. The normalized spacial score (nSPS) is 12.9. The van der Waals surface area contributed by atoms with Gasteiger partial charge in [0.1, 0.15) is 12.1 Å². The molecule has 1 atom stereocenters. The van der Waals surface area contributed by atoms with Gasteiger partial charge in [-0.3, -0.25) is 9.36 Å². The number of hydrogen-bond donors (Lipinski definition) is 2. The van der Waals surface area contributed by atoms with E-state index in [0.29, 0.717) is 24.3 Å². The van der Waals surface area contributed by atoms with Crippen LogP contribution < -0.4 is 5.32 Å². The van der Waals surface area contributed by atoms with Crippen molar-refractivity contribution in [2.45, 2.75) is 33.3 Å². The number of imidazole rings is 1. The minimum absolute atomic E-state index is 0.151. The minimum Gasteiger partial charge on any atom is -0.393 e. The zero-order valence-electron chi connectivity index (χ0n) is 13.2. The topological polar surface area (TPSA) is 80.0 Å². The molecule has 0 saturated heterocycles. The predicted molar refractivity (Wildman–Crippen MR) is 83.8 cm³/mol. The molecule has 0 saturated carbocycles. The first-order valence-corrected chi connectivity index (χ1v) is 7.28. The van der Waals surface area contributed by atoms with Gasteiger partial charge < -0.3 is 10.4 Å². The number of aromatic nitrogens is 3. The lowest BCUT2D eigenvalue weighted by Gasteiger charge is -2.26. The molecule has 0 aromatic carbocycles. The Hall–Kier alpha value is -2.21. The van der Waals surface area contributed by atoms with Crippen LogP contribution in [0.15, 0.2) is 37.1 Å². The van der Waals surface area contributed by atoms with Gasteiger partial charge in [0.25, 0.3) is 5.91 Å². The van der Waals surface area contributed by atoms with Gasteiger partial charge in [-0.1, -0.05) is 13.8 Å². The molecule has 6 heteroatoms. The molecule has 1 amide bonds. The van der Waals surface area contributed by atoms with Crippen molar-refractivity contribution in [2.75, 3.05) is 6.54 Å². The van der Waals surface area contributed by atoms with Crippen LogP contribution in [0.4, 0.5) is 0 Å². The lowest BCUT2D eigenvalue weighted by Crippen LogP contribution is -2.35. The standard InChI is InChI=1S/C16H22N4O2/c1-12(21)9-16(2,3)10-19-15(22)13-4-5-18-14(8-13)20-7-6-17-11-20/h4-8,11-12,21H,9-10H2,1-3H3,(H,19,22). The Morgan fingerprint density at radius 3 is 2.86 bits per heavy atom. The summed E-state index contributed by atoms with van der Waals surface area (Å²) in [7, 11) is 0. The van der Waals surface area contributed by atoms with Gasteiger partial charge in [0.2, 0.25) is 0 Å². The number of pyridine rings is 1. The number of carbonyl (C=O) groups excluding carboxylic acids is 1. The average Bonchev–Trinajstić information content (AvgIpc) is 2.98. The van der Waals surface area contributed by atoms with Crippen LogP contribution in [0.1, 0.15) is 37.6 Å². The summed E-state index contributed by atoms with van der Waals surface area (Å²) in [6.45, 7) is 6.29. The van der Waals surface area contributed by atoms with Crippen LogP contribution in [0.2, 0.25) is 0 Å². The summed E-state index contributed by atoms with van der Waals surface area (Å²) >= 11 is 0. The van der Waals surface area contributed by atoms with Crippen LogP contribution in [-0.2, 0) is 0 Å². The van der Waals surface area contributed by atoms with Crippen molar-refractivity contribution in [3.8, 4) is 5.82 Å². The molecule has 0 aliphatic carbocycles. The molecule has 22 heavy (non-hydrogen) atoms. The van der Waals surface area contributed by atoms with Gasteiger partial charge >= 0.3 is 0 Å². The van der Waals surface area contributed by atoms with Gasteiger partial charge in [0, 0.05) is 30.7 Å². The van der Waals surface area contributed by atoms with E-state index in [1.54, 1.807) is 48.5 Å². The Morgan fingerprint density at radius 1 is 1.45 bits per heavy atom. The highest BCUT2D eigenvalue weighted by Gasteiger charge is 2.21. The highest BCUT2D eigenvalue weighted by Crippen LogP contribution is 2.21. The summed E-state index contributed by atoms with van der Waals surface area (Å²) < 4.78 is 1.74. The monoisotopic (exact) mass is 302 g/mol. The minimum atomic E-state index is -0.388. The van der Waals surface area contributed by atoms with Gasteiger partial charge in [-0.15, -0.1) is 0 Å². The second-order valence-corrected chi connectivity index (χ2v) is 6.27. The Morgan fingerprint density at radius 2 is 2.23 bits per heavy atom. The van der Waals surface area contributed by atoms with Crippen molar-refractivity contribution in [1.29, 1.82) is 0 Å². The average molecular weight is 302 g/mol. The fourth-order valence-electron chi connectivity index (χ4n) is 2.39. The maximum atomic E-state index is 12.3. The van der Waals surface area contributed by atoms with E-state index in [1.807, 2.05) is 13.8 Å². The van der Waals surface area contributed by atoms with E-state index in [1.165, 1.54) is 0 Å². The molecule has 6 nitrogen and oxygen atoms in total. The van der Waals surface area contributed by atoms with Crippen molar-refractivity contribution < 1.29 is 9.90 Å². The zero-order chi connectivity index (χ0) is 16.2. The third-order valence-corrected chi connectivity index (χ3v) is 3.35. The van der Waals surface area contributed by atoms with E-state index in [9.17, 15) is 9.90 Å². The quantitative estimate of drug-likeness (QED) is 0.852.